The molecule has 0 aliphatic carbocycles. The summed E-state index contributed by atoms with van der Waals surface area (Å²) in [4.78, 5) is 27.9. The topological polar surface area (TPSA) is 84.0 Å². The monoisotopic (exact) mass is 385 g/mol. The summed E-state index contributed by atoms with van der Waals surface area (Å²) in [6.07, 6.45) is 6.04. The molecule has 0 aliphatic rings. The lowest BCUT2D eigenvalue weighted by molar-refractivity contribution is -0.149. The van der Waals surface area contributed by atoms with Crippen molar-refractivity contribution in [2.24, 2.45) is 0 Å². The fourth-order valence-corrected chi connectivity index (χ4v) is 2.19. The van der Waals surface area contributed by atoms with Crippen LogP contribution in [0.1, 0.15) is 26.3 Å². The predicted molar refractivity (Wildman–Crippen MR) is 103 cm³/mol. The number of ether oxygens (including phenoxy) is 4. The number of hydrogen-bond donors (Lipinski definition) is 0. The second-order valence-electron chi connectivity index (χ2n) is 6.18. The Morgan fingerprint density at radius 1 is 1.11 bits per heavy atom. The minimum atomic E-state index is -1.23. The summed E-state index contributed by atoms with van der Waals surface area (Å²) in [7, 11) is 1.46. The molecule has 0 atom stereocenters. The molecule has 0 unspecified atom stereocenters. The Morgan fingerprint density at radius 3 is 2.46 bits per heavy atom. The first-order valence-electron chi connectivity index (χ1n) is 8.70. The van der Waals surface area contributed by atoms with Crippen LogP contribution in [0, 0.1) is 0 Å². The molecule has 0 aliphatic heterocycles. The van der Waals surface area contributed by atoms with Crippen LogP contribution < -0.4 is 14.2 Å². The lowest BCUT2D eigenvalue weighted by atomic mass is 10.1. The molecule has 7 nitrogen and oxygen atoms in total. The van der Waals surface area contributed by atoms with Crippen LogP contribution in [0.4, 0.5) is 0 Å². The van der Waals surface area contributed by atoms with Crippen LogP contribution >= 0.6 is 0 Å². The maximum absolute atomic E-state index is 12.6. The van der Waals surface area contributed by atoms with Crippen molar-refractivity contribution < 1.29 is 28.5 Å². The molecule has 2 aromatic rings. The summed E-state index contributed by atoms with van der Waals surface area (Å²) in [5.41, 5.74) is -0.536. The Morgan fingerprint density at radius 2 is 1.82 bits per heavy atom. The zero-order valence-corrected chi connectivity index (χ0v) is 16.3. The molecule has 0 N–H and O–H groups in total. The standard InChI is InChI=1S/C21H23NO6/c1-5-26-19(23)9-7-15-6-8-17(18(14-15)25-4)27-20(24)21(2,3)28-16-10-12-22-13-11-16/h6-14H,5H2,1-4H3/b9-7+. The first kappa shape index (κ1) is 21.0. The average Bonchev–Trinajstić information content (AvgIpc) is 2.67. The number of carbonyl (C=O) groups excluding carboxylic acids is 2. The van der Waals surface area contributed by atoms with Gasteiger partial charge in [0.15, 0.2) is 11.5 Å². The van der Waals surface area contributed by atoms with Crippen LogP contribution in [0.3, 0.4) is 0 Å². The number of esters is 2. The van der Waals surface area contributed by atoms with Crippen LogP contribution in [-0.2, 0) is 14.3 Å². The maximum Gasteiger partial charge on any atom is 0.355 e. The van der Waals surface area contributed by atoms with Gasteiger partial charge in [0.2, 0.25) is 5.60 Å². The molecule has 0 fully saturated rings. The summed E-state index contributed by atoms with van der Waals surface area (Å²) < 4.78 is 21.3. The highest BCUT2D eigenvalue weighted by Crippen LogP contribution is 2.30. The second kappa shape index (κ2) is 9.55. The molecular formula is C21H23NO6. The fraction of sp³-hybridized carbons (Fsp3) is 0.286. The van der Waals surface area contributed by atoms with E-state index in [0.29, 0.717) is 23.7 Å². The number of benzene rings is 1. The zero-order valence-electron chi connectivity index (χ0n) is 16.3. The molecule has 2 rings (SSSR count). The largest absolute Gasteiger partial charge is 0.493 e. The molecule has 0 radical (unpaired) electrons. The van der Waals surface area contributed by atoms with Gasteiger partial charge in [0.05, 0.1) is 13.7 Å². The van der Waals surface area contributed by atoms with Gasteiger partial charge in [-0.25, -0.2) is 9.59 Å². The van der Waals surface area contributed by atoms with E-state index in [9.17, 15) is 9.59 Å². The summed E-state index contributed by atoms with van der Waals surface area (Å²) in [5, 5.41) is 0. The van der Waals surface area contributed by atoms with E-state index in [1.54, 1.807) is 69.6 Å². The Labute approximate surface area is 163 Å². The van der Waals surface area contributed by atoms with Crippen molar-refractivity contribution in [2.75, 3.05) is 13.7 Å². The summed E-state index contributed by atoms with van der Waals surface area (Å²) in [5.74, 6) is 0.0685. The average molecular weight is 385 g/mol. The Hall–Kier alpha value is -3.35. The molecule has 0 amide bonds. The van der Waals surface area contributed by atoms with Gasteiger partial charge in [-0.1, -0.05) is 6.07 Å². The number of nitrogens with zero attached hydrogens (tertiary/aromatic N) is 1. The highest BCUT2D eigenvalue weighted by Gasteiger charge is 2.33. The van der Waals surface area contributed by atoms with E-state index < -0.39 is 17.5 Å². The Kier molecular flexibility index (Phi) is 7.14. The molecule has 1 aromatic carbocycles. The first-order chi connectivity index (χ1) is 13.4. The number of pyridine rings is 1. The van der Waals surface area contributed by atoms with Gasteiger partial charge in [-0.3, -0.25) is 4.98 Å². The summed E-state index contributed by atoms with van der Waals surface area (Å²) >= 11 is 0. The van der Waals surface area contributed by atoms with Crippen molar-refractivity contribution in [1.29, 1.82) is 0 Å². The number of methoxy groups -OCH3 is 1. The Balaban J connectivity index is 2.12. The minimum Gasteiger partial charge on any atom is -0.493 e. The van der Waals surface area contributed by atoms with E-state index in [0.717, 1.165) is 0 Å². The molecule has 28 heavy (non-hydrogen) atoms. The predicted octanol–water partition coefficient (Wildman–Crippen LogP) is 3.43. The van der Waals surface area contributed by atoms with Crippen molar-refractivity contribution in [1.82, 2.24) is 4.98 Å². The lowest BCUT2D eigenvalue weighted by Crippen LogP contribution is -2.41. The third-order valence-corrected chi connectivity index (χ3v) is 3.60. The van der Waals surface area contributed by atoms with Crippen LogP contribution in [-0.4, -0.2) is 36.2 Å². The maximum atomic E-state index is 12.6. The molecule has 0 spiro atoms. The van der Waals surface area contributed by atoms with Gasteiger partial charge in [0.25, 0.3) is 0 Å². The van der Waals surface area contributed by atoms with Crippen molar-refractivity contribution in [2.45, 2.75) is 26.4 Å². The van der Waals surface area contributed by atoms with Crippen molar-refractivity contribution in [3.63, 3.8) is 0 Å². The van der Waals surface area contributed by atoms with Crippen molar-refractivity contribution >= 4 is 18.0 Å². The second-order valence-corrected chi connectivity index (χ2v) is 6.18. The smallest absolute Gasteiger partial charge is 0.355 e. The minimum absolute atomic E-state index is 0.243. The van der Waals surface area contributed by atoms with Crippen molar-refractivity contribution in [3.05, 3.63) is 54.4 Å². The number of rotatable bonds is 8. The van der Waals surface area contributed by atoms with Gasteiger partial charge < -0.3 is 18.9 Å². The van der Waals surface area contributed by atoms with Gasteiger partial charge in [0.1, 0.15) is 5.75 Å². The van der Waals surface area contributed by atoms with Crippen LogP contribution in [0.2, 0.25) is 0 Å². The van der Waals surface area contributed by atoms with Gasteiger partial charge in [-0.2, -0.15) is 0 Å². The molecule has 0 saturated carbocycles. The SMILES string of the molecule is CCOC(=O)/C=C/c1ccc(OC(=O)C(C)(C)Oc2ccncc2)c(OC)c1. The number of carbonyl (C=O) groups is 2. The van der Waals surface area contributed by atoms with Gasteiger partial charge in [-0.05, 0) is 56.7 Å². The van der Waals surface area contributed by atoms with E-state index in [-0.39, 0.29) is 5.75 Å². The summed E-state index contributed by atoms with van der Waals surface area (Å²) in [6, 6.07) is 8.23. The van der Waals surface area contributed by atoms with Gasteiger partial charge >= 0.3 is 11.9 Å². The lowest BCUT2D eigenvalue weighted by Gasteiger charge is -2.24. The van der Waals surface area contributed by atoms with Gasteiger partial charge in [-0.15, -0.1) is 0 Å². The highest BCUT2D eigenvalue weighted by molar-refractivity contribution is 5.87. The molecule has 7 heteroatoms. The number of hydrogen-bond acceptors (Lipinski definition) is 7. The van der Waals surface area contributed by atoms with E-state index in [2.05, 4.69) is 4.98 Å². The van der Waals surface area contributed by atoms with E-state index in [1.165, 1.54) is 13.2 Å². The van der Waals surface area contributed by atoms with Gasteiger partial charge in [0, 0.05) is 18.5 Å². The van der Waals surface area contributed by atoms with E-state index >= 15 is 0 Å². The molecule has 0 bridgehead atoms. The van der Waals surface area contributed by atoms with E-state index in [1.807, 2.05) is 0 Å². The van der Waals surface area contributed by atoms with Crippen LogP contribution in [0.25, 0.3) is 6.08 Å². The summed E-state index contributed by atoms with van der Waals surface area (Å²) in [6.45, 7) is 5.26. The third-order valence-electron chi connectivity index (χ3n) is 3.60. The quantitative estimate of drug-likeness (QED) is 0.391. The molecule has 1 aromatic heterocycles. The number of aromatic nitrogens is 1. The van der Waals surface area contributed by atoms with E-state index in [4.69, 9.17) is 18.9 Å². The molecule has 0 saturated heterocycles. The van der Waals surface area contributed by atoms with Crippen molar-refractivity contribution in [3.8, 4) is 17.2 Å². The zero-order chi connectivity index (χ0) is 20.6. The first-order valence-corrected chi connectivity index (χ1v) is 8.70. The molecule has 148 valence electrons. The normalized spacial score (nSPS) is 11.1. The molecular weight excluding hydrogens is 362 g/mol. The van der Waals surface area contributed by atoms with Crippen LogP contribution in [0.15, 0.2) is 48.8 Å². The molecule has 1 heterocycles. The fourth-order valence-electron chi connectivity index (χ4n) is 2.19. The third kappa shape index (κ3) is 5.84. The van der Waals surface area contributed by atoms with Crippen LogP contribution in [0.5, 0.6) is 17.2 Å². The highest BCUT2D eigenvalue weighted by atomic mass is 16.6. The Bertz CT molecular complexity index is 845.